The number of rotatable bonds is 5. The Morgan fingerprint density at radius 1 is 1.23 bits per heavy atom. The number of fused-ring (bicyclic) bond motifs is 1. The summed E-state index contributed by atoms with van der Waals surface area (Å²) in [7, 11) is 0. The number of nitrogens with zero attached hydrogens (tertiary/aromatic N) is 2. The Balaban J connectivity index is 1.33. The van der Waals surface area contributed by atoms with Crippen molar-refractivity contribution < 1.29 is 9.53 Å². The van der Waals surface area contributed by atoms with E-state index in [1.54, 1.807) is 17.0 Å². The molecule has 5 nitrogen and oxygen atoms in total. The zero-order valence-electron chi connectivity index (χ0n) is 14.3. The Labute approximate surface area is 151 Å². The lowest BCUT2D eigenvalue weighted by Crippen LogP contribution is -2.19. The number of para-hydroxylation sites is 1. The molecule has 1 aliphatic rings. The van der Waals surface area contributed by atoms with Gasteiger partial charge in [0.1, 0.15) is 5.75 Å². The van der Waals surface area contributed by atoms with E-state index in [1.807, 2.05) is 54.7 Å². The van der Waals surface area contributed by atoms with Crippen LogP contribution in [0, 0.1) is 0 Å². The van der Waals surface area contributed by atoms with Gasteiger partial charge in [-0.1, -0.05) is 24.3 Å². The van der Waals surface area contributed by atoms with Crippen molar-refractivity contribution in [2.45, 2.75) is 13.0 Å². The fourth-order valence-electron chi connectivity index (χ4n) is 2.90. The normalized spacial score (nSPS) is 12.8. The molecule has 3 aromatic rings. The van der Waals surface area contributed by atoms with Gasteiger partial charge < -0.3 is 10.1 Å². The van der Waals surface area contributed by atoms with E-state index in [0.717, 1.165) is 35.6 Å². The van der Waals surface area contributed by atoms with Gasteiger partial charge in [-0.3, -0.25) is 4.79 Å². The summed E-state index contributed by atoms with van der Waals surface area (Å²) in [5, 5.41) is 7.21. The molecule has 0 bridgehead atoms. The largest absolute Gasteiger partial charge is 0.493 e. The molecule has 0 unspecified atom stereocenters. The molecule has 130 valence electrons. The Morgan fingerprint density at radius 3 is 3.00 bits per heavy atom. The number of amides is 1. The van der Waals surface area contributed by atoms with Gasteiger partial charge in [0.15, 0.2) is 0 Å². The summed E-state index contributed by atoms with van der Waals surface area (Å²) < 4.78 is 7.28. The maximum Gasteiger partial charge on any atom is 0.244 e. The van der Waals surface area contributed by atoms with E-state index >= 15 is 0 Å². The first kappa shape index (κ1) is 16.1. The molecule has 2 aromatic carbocycles. The highest BCUT2D eigenvalue weighted by atomic mass is 16.5. The average molecular weight is 345 g/mol. The minimum atomic E-state index is -0.130. The third-order valence-corrected chi connectivity index (χ3v) is 4.26. The molecule has 0 radical (unpaired) electrons. The predicted octanol–water partition coefficient (Wildman–Crippen LogP) is 3.14. The Bertz CT molecular complexity index is 945. The lowest BCUT2D eigenvalue weighted by Gasteiger charge is -2.01. The van der Waals surface area contributed by atoms with Crippen molar-refractivity contribution >= 4 is 12.0 Å². The average Bonchev–Trinajstić information content (AvgIpc) is 3.34. The third kappa shape index (κ3) is 3.67. The van der Waals surface area contributed by atoms with Gasteiger partial charge >= 0.3 is 0 Å². The van der Waals surface area contributed by atoms with Crippen LogP contribution >= 0.6 is 0 Å². The van der Waals surface area contributed by atoms with Gasteiger partial charge in [-0.2, -0.15) is 5.10 Å². The Kier molecular flexibility index (Phi) is 4.51. The number of carbonyl (C=O) groups is 1. The molecule has 26 heavy (non-hydrogen) atoms. The van der Waals surface area contributed by atoms with E-state index in [4.69, 9.17) is 4.74 Å². The summed E-state index contributed by atoms with van der Waals surface area (Å²) >= 11 is 0. The number of carbonyl (C=O) groups excluding carboxylic acids is 1. The van der Waals surface area contributed by atoms with Crippen LogP contribution in [0.3, 0.4) is 0 Å². The molecular weight excluding hydrogens is 326 g/mol. The molecule has 4 rings (SSSR count). The molecule has 1 N–H and O–H groups in total. The van der Waals surface area contributed by atoms with Crippen molar-refractivity contribution in [1.82, 2.24) is 15.1 Å². The van der Waals surface area contributed by atoms with Crippen molar-refractivity contribution in [3.8, 4) is 11.4 Å². The second-order valence-corrected chi connectivity index (χ2v) is 6.15. The minimum absolute atomic E-state index is 0.130. The van der Waals surface area contributed by atoms with E-state index < -0.39 is 0 Å². The molecule has 5 heteroatoms. The molecule has 1 aliphatic heterocycles. The van der Waals surface area contributed by atoms with Gasteiger partial charge in [-0.15, -0.1) is 0 Å². The fourth-order valence-corrected chi connectivity index (χ4v) is 2.90. The molecule has 0 aliphatic carbocycles. The summed E-state index contributed by atoms with van der Waals surface area (Å²) in [5.41, 5.74) is 4.14. The number of nitrogens with one attached hydrogen (secondary N) is 1. The van der Waals surface area contributed by atoms with Crippen molar-refractivity contribution in [3.05, 3.63) is 83.7 Å². The van der Waals surface area contributed by atoms with Crippen LogP contribution in [0.4, 0.5) is 0 Å². The molecule has 0 saturated carbocycles. The van der Waals surface area contributed by atoms with E-state index in [-0.39, 0.29) is 5.91 Å². The van der Waals surface area contributed by atoms with Gasteiger partial charge in [-0.05, 0) is 41.5 Å². The van der Waals surface area contributed by atoms with Gasteiger partial charge in [0.05, 0.1) is 18.5 Å². The third-order valence-electron chi connectivity index (χ3n) is 4.26. The molecule has 0 atom stereocenters. The van der Waals surface area contributed by atoms with Gasteiger partial charge in [0, 0.05) is 30.8 Å². The number of hydrogen-bond donors (Lipinski definition) is 1. The molecule has 1 amide bonds. The zero-order valence-corrected chi connectivity index (χ0v) is 14.3. The second kappa shape index (κ2) is 7.27. The molecule has 0 fully saturated rings. The molecule has 1 aromatic heterocycles. The first-order chi connectivity index (χ1) is 12.8. The smallest absolute Gasteiger partial charge is 0.244 e. The summed E-state index contributed by atoms with van der Waals surface area (Å²) in [6.45, 7) is 1.17. The highest BCUT2D eigenvalue weighted by Gasteiger charge is 2.11. The number of benzene rings is 2. The van der Waals surface area contributed by atoms with E-state index in [9.17, 15) is 4.79 Å². The molecule has 0 spiro atoms. The van der Waals surface area contributed by atoms with Crippen LogP contribution in [0.15, 0.2) is 67.0 Å². The van der Waals surface area contributed by atoms with Gasteiger partial charge in [0.2, 0.25) is 5.91 Å². The first-order valence-corrected chi connectivity index (χ1v) is 8.58. The molecule has 2 heterocycles. The van der Waals surface area contributed by atoms with Gasteiger partial charge in [0.25, 0.3) is 0 Å². The van der Waals surface area contributed by atoms with E-state index in [2.05, 4.69) is 16.5 Å². The van der Waals surface area contributed by atoms with Crippen LogP contribution in [-0.2, 0) is 17.8 Å². The topological polar surface area (TPSA) is 56.1 Å². The minimum Gasteiger partial charge on any atom is -0.493 e. The fraction of sp³-hybridized carbons (Fsp3) is 0.143. The van der Waals surface area contributed by atoms with Crippen LogP contribution in [-0.4, -0.2) is 22.3 Å². The number of ether oxygens (including phenoxy) is 1. The molecular formula is C21H19N3O2. The Morgan fingerprint density at radius 2 is 2.12 bits per heavy atom. The summed E-state index contributed by atoms with van der Waals surface area (Å²) in [6, 6.07) is 15.8. The van der Waals surface area contributed by atoms with Crippen molar-refractivity contribution in [1.29, 1.82) is 0 Å². The van der Waals surface area contributed by atoms with Crippen molar-refractivity contribution in [2.75, 3.05) is 6.61 Å². The highest BCUT2D eigenvalue weighted by molar-refractivity contribution is 5.91. The Hall–Kier alpha value is -3.34. The lowest BCUT2D eigenvalue weighted by molar-refractivity contribution is -0.116. The predicted molar refractivity (Wildman–Crippen MR) is 100 cm³/mol. The number of aromatic nitrogens is 2. The number of hydrogen-bond acceptors (Lipinski definition) is 3. The van der Waals surface area contributed by atoms with Crippen LogP contribution in [0.2, 0.25) is 0 Å². The highest BCUT2D eigenvalue weighted by Crippen LogP contribution is 2.26. The second-order valence-electron chi connectivity index (χ2n) is 6.15. The van der Waals surface area contributed by atoms with Crippen molar-refractivity contribution in [2.24, 2.45) is 0 Å². The van der Waals surface area contributed by atoms with Crippen LogP contribution in [0.5, 0.6) is 5.75 Å². The lowest BCUT2D eigenvalue weighted by atomic mass is 10.1. The quantitative estimate of drug-likeness (QED) is 0.723. The summed E-state index contributed by atoms with van der Waals surface area (Å²) in [5.74, 6) is 0.816. The van der Waals surface area contributed by atoms with Crippen LogP contribution < -0.4 is 10.1 Å². The zero-order chi connectivity index (χ0) is 17.8. The maximum absolute atomic E-state index is 12.1. The van der Waals surface area contributed by atoms with E-state index in [0.29, 0.717) is 6.54 Å². The molecule has 0 saturated heterocycles. The first-order valence-electron chi connectivity index (χ1n) is 8.58. The van der Waals surface area contributed by atoms with E-state index in [1.165, 1.54) is 5.56 Å². The van der Waals surface area contributed by atoms with Crippen LogP contribution in [0.25, 0.3) is 11.8 Å². The SMILES string of the molecule is O=C(C=Cc1ccc2c(c1)CCO2)NCc1cnn(-c2ccccc2)c1. The van der Waals surface area contributed by atoms with Crippen LogP contribution in [0.1, 0.15) is 16.7 Å². The van der Waals surface area contributed by atoms with Crippen molar-refractivity contribution in [3.63, 3.8) is 0 Å². The maximum atomic E-state index is 12.1. The summed E-state index contributed by atoms with van der Waals surface area (Å²) in [6.07, 6.45) is 7.98. The standard InChI is InChI=1S/C21H19N3O2/c25-21(9-7-16-6-8-20-18(12-16)10-11-26-20)22-13-17-14-23-24(15-17)19-4-2-1-3-5-19/h1-9,12,14-15H,10-11,13H2,(H,22,25). The van der Waals surface area contributed by atoms with Gasteiger partial charge in [-0.25, -0.2) is 4.68 Å². The summed E-state index contributed by atoms with van der Waals surface area (Å²) in [4.78, 5) is 12.1. The monoisotopic (exact) mass is 345 g/mol.